The summed E-state index contributed by atoms with van der Waals surface area (Å²) in [7, 11) is 0. The van der Waals surface area contributed by atoms with Crippen molar-refractivity contribution in [1.29, 1.82) is 0 Å². The van der Waals surface area contributed by atoms with Crippen LogP contribution in [0.1, 0.15) is 45.0 Å². The summed E-state index contributed by atoms with van der Waals surface area (Å²) >= 11 is -0.784. The maximum absolute atomic E-state index is 11.5. The van der Waals surface area contributed by atoms with Crippen molar-refractivity contribution < 1.29 is 9.53 Å². The topological polar surface area (TPSA) is 42.4 Å². The first-order valence-corrected chi connectivity index (χ1v) is 10.3. The van der Waals surface area contributed by atoms with Crippen LogP contribution in [-0.2, 0) is 4.74 Å². The molecule has 0 amide bonds. The predicted molar refractivity (Wildman–Crippen MR) is 86.9 cm³/mol. The normalized spacial score (nSPS) is 23.2. The van der Waals surface area contributed by atoms with Gasteiger partial charge in [-0.3, -0.25) is 0 Å². The van der Waals surface area contributed by atoms with E-state index in [4.69, 9.17) is 4.74 Å². The van der Waals surface area contributed by atoms with Crippen molar-refractivity contribution in [2.45, 2.75) is 50.3 Å². The van der Waals surface area contributed by atoms with Crippen molar-refractivity contribution in [3.8, 4) is 0 Å². The molecular formula is C16H24N2O2Sn. The molecule has 1 saturated heterocycles. The number of anilines is 1. The number of carbonyl (C=O) groups excluding carboxylic acids is 1. The fraction of sp³-hybridized carbons (Fsp3) is 0.625. The van der Waals surface area contributed by atoms with Crippen LogP contribution >= 0.6 is 0 Å². The van der Waals surface area contributed by atoms with Gasteiger partial charge in [-0.05, 0) is 0 Å². The molecule has 0 aromatic carbocycles. The van der Waals surface area contributed by atoms with E-state index in [1.807, 2.05) is 12.3 Å². The quantitative estimate of drug-likeness (QED) is 0.581. The summed E-state index contributed by atoms with van der Waals surface area (Å²) in [6.45, 7) is 12.5. The Kier molecular flexibility index (Phi) is 5.30. The average Bonchev–Trinajstić information content (AvgIpc) is 2.35. The van der Waals surface area contributed by atoms with Crippen molar-refractivity contribution in [3.63, 3.8) is 0 Å². The predicted octanol–water partition coefficient (Wildman–Crippen LogP) is 2.06. The molecule has 2 radical (unpaired) electrons. The summed E-state index contributed by atoms with van der Waals surface area (Å²) in [6, 6.07) is 2.00. The minimum absolute atomic E-state index is 0.180. The first kappa shape index (κ1) is 16.7. The molecule has 0 saturated carbocycles. The van der Waals surface area contributed by atoms with Gasteiger partial charge in [-0.25, -0.2) is 0 Å². The zero-order chi connectivity index (χ0) is 15.6. The van der Waals surface area contributed by atoms with E-state index >= 15 is 0 Å². The van der Waals surface area contributed by atoms with Gasteiger partial charge >= 0.3 is 137 Å². The number of aromatic nitrogens is 1. The first-order valence-electron chi connectivity index (χ1n) is 7.42. The summed E-state index contributed by atoms with van der Waals surface area (Å²) in [5.41, 5.74) is 1.72. The summed E-state index contributed by atoms with van der Waals surface area (Å²) in [6.07, 6.45) is 3.21. The van der Waals surface area contributed by atoms with Crippen molar-refractivity contribution in [3.05, 3.63) is 17.8 Å². The molecule has 2 heterocycles. The van der Waals surface area contributed by atoms with Crippen LogP contribution in [-0.4, -0.2) is 57.7 Å². The summed E-state index contributed by atoms with van der Waals surface area (Å²) in [5.74, 6) is 0. The number of pyridine rings is 1. The minimum atomic E-state index is -0.784. The standard InChI is InChI=1S/C12H15N2O2.C4H9.Sn/c1-9-6-14(7-10(2)16-9)12-5-13-4-3-11(12)8-15;1-4(2)3;/h3,5,8-10H,6-7H2,1-2H3;1-3H3;/t9-,10+;;. The molecule has 114 valence electrons. The third-order valence-corrected chi connectivity index (χ3v) is 6.96. The van der Waals surface area contributed by atoms with Gasteiger partial charge in [0.2, 0.25) is 0 Å². The molecular weight excluding hydrogens is 371 g/mol. The van der Waals surface area contributed by atoms with E-state index < -0.39 is 21.1 Å². The molecule has 4 nitrogen and oxygen atoms in total. The number of morpholine rings is 1. The summed E-state index contributed by atoms with van der Waals surface area (Å²) in [5, 5.41) is 0. The van der Waals surface area contributed by atoms with Gasteiger partial charge in [0, 0.05) is 0 Å². The van der Waals surface area contributed by atoms with Gasteiger partial charge in [0.05, 0.1) is 0 Å². The van der Waals surface area contributed by atoms with Crippen LogP contribution in [0.5, 0.6) is 0 Å². The molecule has 0 aliphatic carbocycles. The molecule has 1 fully saturated rings. The van der Waals surface area contributed by atoms with Gasteiger partial charge in [0.15, 0.2) is 0 Å². The van der Waals surface area contributed by atoms with Crippen LogP contribution < -0.4 is 8.61 Å². The van der Waals surface area contributed by atoms with E-state index in [0.29, 0.717) is 3.43 Å². The van der Waals surface area contributed by atoms with E-state index in [9.17, 15) is 4.79 Å². The Morgan fingerprint density at radius 3 is 2.48 bits per heavy atom. The third-order valence-electron chi connectivity index (χ3n) is 3.30. The number of aldehydes is 1. The van der Waals surface area contributed by atoms with E-state index in [1.165, 1.54) is 0 Å². The Morgan fingerprint density at radius 1 is 1.33 bits per heavy atom. The Bertz CT molecular complexity index is 503. The van der Waals surface area contributed by atoms with Gasteiger partial charge < -0.3 is 0 Å². The van der Waals surface area contributed by atoms with E-state index in [0.717, 1.165) is 34.3 Å². The molecule has 1 aliphatic heterocycles. The average molecular weight is 395 g/mol. The number of ether oxygens (including phenoxy) is 1. The van der Waals surface area contributed by atoms with Crippen LogP contribution in [0.25, 0.3) is 0 Å². The zero-order valence-corrected chi connectivity index (χ0v) is 16.4. The van der Waals surface area contributed by atoms with Crippen LogP contribution in [0.15, 0.2) is 12.3 Å². The van der Waals surface area contributed by atoms with Crippen molar-refractivity contribution >= 4 is 36.8 Å². The Morgan fingerprint density at radius 2 is 1.95 bits per heavy atom. The van der Waals surface area contributed by atoms with E-state index in [1.54, 1.807) is 0 Å². The molecule has 0 unspecified atom stereocenters. The Balaban J connectivity index is 2.26. The van der Waals surface area contributed by atoms with E-state index in [-0.39, 0.29) is 12.2 Å². The molecule has 5 heteroatoms. The summed E-state index contributed by atoms with van der Waals surface area (Å²) < 4.78 is 7.24. The number of carbonyl (C=O) groups is 1. The molecule has 1 aromatic rings. The Labute approximate surface area is 137 Å². The first-order chi connectivity index (χ1) is 9.78. The van der Waals surface area contributed by atoms with Gasteiger partial charge in [0.25, 0.3) is 0 Å². The second-order valence-corrected chi connectivity index (χ2v) is 13.2. The van der Waals surface area contributed by atoms with Crippen LogP contribution in [0.2, 0.25) is 3.43 Å². The van der Waals surface area contributed by atoms with Gasteiger partial charge in [-0.15, -0.1) is 0 Å². The number of hydrogen-bond acceptors (Lipinski definition) is 4. The van der Waals surface area contributed by atoms with Gasteiger partial charge in [-0.1, -0.05) is 0 Å². The fourth-order valence-corrected chi connectivity index (χ4v) is 5.86. The monoisotopic (exact) mass is 396 g/mol. The number of hydrogen-bond donors (Lipinski definition) is 0. The third kappa shape index (κ3) is 4.68. The molecule has 1 aromatic heterocycles. The van der Waals surface area contributed by atoms with Gasteiger partial charge in [0.1, 0.15) is 0 Å². The van der Waals surface area contributed by atoms with Crippen LogP contribution in [0, 0.1) is 0 Å². The Hall–Kier alpha value is -0.621. The maximum atomic E-state index is 11.5. The summed E-state index contributed by atoms with van der Waals surface area (Å²) in [4.78, 5) is 18.3. The molecule has 2 rings (SSSR count). The van der Waals surface area contributed by atoms with Crippen molar-refractivity contribution in [2.24, 2.45) is 0 Å². The molecule has 0 bridgehead atoms. The molecule has 0 spiro atoms. The molecule has 2 atom stereocenters. The second kappa shape index (κ2) is 6.65. The number of nitrogens with zero attached hydrogens (tertiary/aromatic N) is 2. The van der Waals surface area contributed by atoms with E-state index in [2.05, 4.69) is 44.5 Å². The molecule has 1 aliphatic rings. The second-order valence-electron chi connectivity index (χ2n) is 6.78. The van der Waals surface area contributed by atoms with Crippen molar-refractivity contribution in [2.75, 3.05) is 18.0 Å². The fourth-order valence-electron chi connectivity index (χ4n) is 2.65. The number of rotatable bonds is 3. The van der Waals surface area contributed by atoms with Crippen LogP contribution in [0.4, 0.5) is 5.69 Å². The SMILES string of the molecule is C[C@@H]1CN(c2cn[c]([Sn][C](C)(C)C)cc2C=O)C[C@H](C)O1. The molecule has 0 N–H and O–H groups in total. The molecule has 21 heavy (non-hydrogen) atoms. The van der Waals surface area contributed by atoms with Gasteiger partial charge in [-0.2, -0.15) is 0 Å². The van der Waals surface area contributed by atoms with Crippen molar-refractivity contribution in [1.82, 2.24) is 4.98 Å². The zero-order valence-electron chi connectivity index (χ0n) is 13.5. The van der Waals surface area contributed by atoms with Crippen LogP contribution in [0.3, 0.4) is 0 Å².